The van der Waals surface area contributed by atoms with E-state index in [2.05, 4.69) is 10.1 Å². The van der Waals surface area contributed by atoms with Gasteiger partial charge in [-0.3, -0.25) is 0 Å². The number of aromatic nitrogens is 3. The summed E-state index contributed by atoms with van der Waals surface area (Å²) in [5, 5.41) is 4.10. The van der Waals surface area contributed by atoms with Crippen LogP contribution in [-0.4, -0.2) is 21.4 Å². The van der Waals surface area contributed by atoms with Crippen LogP contribution in [0.3, 0.4) is 0 Å². The first-order valence-electron chi connectivity index (χ1n) is 5.23. The molecule has 0 saturated heterocycles. The van der Waals surface area contributed by atoms with Gasteiger partial charge >= 0.3 is 6.01 Å². The molecule has 0 bridgehead atoms. The second-order valence-electron chi connectivity index (χ2n) is 3.53. The molecule has 2 rings (SSSR count). The van der Waals surface area contributed by atoms with Crippen LogP contribution < -0.4 is 10.5 Å². The molecule has 90 valence electrons. The van der Waals surface area contributed by atoms with E-state index in [0.717, 1.165) is 5.56 Å². The zero-order valence-electron chi connectivity index (χ0n) is 9.64. The fourth-order valence-corrected chi connectivity index (χ4v) is 1.53. The number of benzene rings is 1. The third kappa shape index (κ3) is 2.20. The molecule has 6 heteroatoms. The van der Waals surface area contributed by atoms with Crippen molar-refractivity contribution in [2.75, 3.05) is 12.3 Å². The molecule has 17 heavy (non-hydrogen) atoms. The highest BCUT2D eigenvalue weighted by molar-refractivity contribution is 5.44. The minimum absolute atomic E-state index is 0.211. The van der Waals surface area contributed by atoms with Gasteiger partial charge in [-0.25, -0.2) is 4.39 Å². The lowest BCUT2D eigenvalue weighted by Crippen LogP contribution is -2.04. The van der Waals surface area contributed by atoms with E-state index in [1.54, 1.807) is 13.0 Å². The molecule has 1 heterocycles. The minimum Gasteiger partial charge on any atom is -0.463 e. The normalized spacial score (nSPS) is 10.5. The van der Waals surface area contributed by atoms with Gasteiger partial charge in [0.2, 0.25) is 5.95 Å². The van der Waals surface area contributed by atoms with Gasteiger partial charge in [0, 0.05) is 0 Å². The second kappa shape index (κ2) is 4.40. The third-order valence-corrected chi connectivity index (χ3v) is 2.27. The van der Waals surface area contributed by atoms with Crippen LogP contribution in [0.1, 0.15) is 12.5 Å². The summed E-state index contributed by atoms with van der Waals surface area (Å²) in [4.78, 5) is 3.95. The summed E-state index contributed by atoms with van der Waals surface area (Å²) in [6.45, 7) is 4.08. The van der Waals surface area contributed by atoms with Crippen molar-refractivity contribution >= 4 is 5.95 Å². The lowest BCUT2D eigenvalue weighted by molar-refractivity contribution is 0.312. The number of aryl methyl sites for hydroxylation is 1. The Labute approximate surface area is 98.0 Å². The third-order valence-electron chi connectivity index (χ3n) is 2.27. The van der Waals surface area contributed by atoms with Gasteiger partial charge in [-0.15, -0.1) is 5.10 Å². The Balaban J connectivity index is 2.45. The van der Waals surface area contributed by atoms with E-state index in [1.807, 2.05) is 6.92 Å². The topological polar surface area (TPSA) is 66.0 Å². The number of nitrogens with zero attached hydrogens (tertiary/aromatic N) is 3. The van der Waals surface area contributed by atoms with E-state index < -0.39 is 0 Å². The first kappa shape index (κ1) is 11.4. The average Bonchev–Trinajstić information content (AvgIpc) is 2.60. The molecule has 0 aliphatic rings. The Morgan fingerprint density at radius 3 is 2.88 bits per heavy atom. The Morgan fingerprint density at radius 1 is 1.47 bits per heavy atom. The van der Waals surface area contributed by atoms with Crippen LogP contribution in [0.25, 0.3) is 5.69 Å². The van der Waals surface area contributed by atoms with E-state index in [1.165, 1.54) is 16.8 Å². The van der Waals surface area contributed by atoms with E-state index in [4.69, 9.17) is 10.5 Å². The maximum absolute atomic E-state index is 13.0. The molecule has 0 aliphatic carbocycles. The SMILES string of the molecule is CCOc1nc(N)n(-c2ccc(F)cc2C)n1. The largest absolute Gasteiger partial charge is 0.463 e. The minimum atomic E-state index is -0.296. The van der Waals surface area contributed by atoms with Crippen molar-refractivity contribution in [1.29, 1.82) is 0 Å². The maximum Gasteiger partial charge on any atom is 0.337 e. The molecular weight excluding hydrogens is 223 g/mol. The number of nitrogen functional groups attached to an aromatic ring is 1. The maximum atomic E-state index is 13.0. The van der Waals surface area contributed by atoms with Gasteiger partial charge in [-0.05, 0) is 37.6 Å². The van der Waals surface area contributed by atoms with Crippen LogP contribution in [-0.2, 0) is 0 Å². The number of hydrogen-bond acceptors (Lipinski definition) is 4. The fraction of sp³-hybridized carbons (Fsp3) is 0.273. The van der Waals surface area contributed by atoms with Gasteiger partial charge in [0.15, 0.2) is 0 Å². The molecule has 0 saturated carbocycles. The number of ether oxygens (including phenoxy) is 1. The summed E-state index contributed by atoms with van der Waals surface area (Å²) >= 11 is 0. The Kier molecular flexibility index (Phi) is 2.95. The van der Waals surface area contributed by atoms with Gasteiger partial charge in [0.05, 0.1) is 12.3 Å². The van der Waals surface area contributed by atoms with Crippen molar-refractivity contribution in [2.45, 2.75) is 13.8 Å². The van der Waals surface area contributed by atoms with Crippen LogP contribution in [0.15, 0.2) is 18.2 Å². The quantitative estimate of drug-likeness (QED) is 0.880. The van der Waals surface area contributed by atoms with E-state index >= 15 is 0 Å². The van der Waals surface area contributed by atoms with E-state index in [-0.39, 0.29) is 17.8 Å². The highest BCUT2D eigenvalue weighted by atomic mass is 19.1. The molecule has 0 unspecified atom stereocenters. The highest BCUT2D eigenvalue weighted by Crippen LogP contribution is 2.19. The molecule has 0 atom stereocenters. The van der Waals surface area contributed by atoms with Crippen LogP contribution in [0.5, 0.6) is 6.01 Å². The van der Waals surface area contributed by atoms with Gasteiger partial charge in [-0.2, -0.15) is 9.67 Å². The van der Waals surface area contributed by atoms with Crippen molar-refractivity contribution in [2.24, 2.45) is 0 Å². The molecule has 0 aliphatic heterocycles. The number of nitrogens with two attached hydrogens (primary N) is 1. The van der Waals surface area contributed by atoms with Crippen molar-refractivity contribution in [3.05, 3.63) is 29.6 Å². The average molecular weight is 236 g/mol. The Hall–Kier alpha value is -2.11. The van der Waals surface area contributed by atoms with Crippen LogP contribution >= 0.6 is 0 Å². The zero-order chi connectivity index (χ0) is 12.4. The summed E-state index contributed by atoms with van der Waals surface area (Å²) in [5.74, 6) is -0.0851. The van der Waals surface area contributed by atoms with Crippen LogP contribution in [0.4, 0.5) is 10.3 Å². The molecule has 0 amide bonds. The predicted octanol–water partition coefficient (Wildman–Crippen LogP) is 1.70. The summed E-state index contributed by atoms with van der Waals surface area (Å²) in [5.41, 5.74) is 7.14. The first-order valence-corrected chi connectivity index (χ1v) is 5.23. The summed E-state index contributed by atoms with van der Waals surface area (Å²) < 4.78 is 19.6. The van der Waals surface area contributed by atoms with Crippen LogP contribution in [0.2, 0.25) is 0 Å². The van der Waals surface area contributed by atoms with E-state index in [9.17, 15) is 4.39 Å². The van der Waals surface area contributed by atoms with Gasteiger partial charge in [-0.1, -0.05) is 0 Å². The molecule has 2 aromatic rings. The molecular formula is C11H13FN4O. The number of anilines is 1. The molecule has 0 spiro atoms. The number of rotatable bonds is 3. The molecule has 2 N–H and O–H groups in total. The fourth-order valence-electron chi connectivity index (χ4n) is 1.53. The smallest absolute Gasteiger partial charge is 0.337 e. The van der Waals surface area contributed by atoms with Crippen molar-refractivity contribution in [3.8, 4) is 11.7 Å². The van der Waals surface area contributed by atoms with Gasteiger partial charge in [0.25, 0.3) is 0 Å². The lowest BCUT2D eigenvalue weighted by atomic mass is 10.2. The molecule has 1 aromatic heterocycles. The molecule has 1 aromatic carbocycles. The highest BCUT2D eigenvalue weighted by Gasteiger charge is 2.11. The summed E-state index contributed by atoms with van der Waals surface area (Å²) in [7, 11) is 0. The predicted molar refractivity (Wildman–Crippen MR) is 61.6 cm³/mol. The molecule has 0 radical (unpaired) electrons. The molecule has 5 nitrogen and oxygen atoms in total. The Morgan fingerprint density at radius 2 is 2.24 bits per heavy atom. The van der Waals surface area contributed by atoms with Crippen molar-refractivity contribution < 1.29 is 9.13 Å². The summed E-state index contributed by atoms with van der Waals surface area (Å²) in [6, 6.07) is 4.58. The summed E-state index contributed by atoms with van der Waals surface area (Å²) in [6.07, 6.45) is 0. The first-order chi connectivity index (χ1) is 8.11. The van der Waals surface area contributed by atoms with E-state index in [0.29, 0.717) is 12.3 Å². The molecule has 0 fully saturated rings. The van der Waals surface area contributed by atoms with Crippen molar-refractivity contribution in [3.63, 3.8) is 0 Å². The monoisotopic (exact) mass is 236 g/mol. The lowest BCUT2D eigenvalue weighted by Gasteiger charge is -2.05. The van der Waals surface area contributed by atoms with Gasteiger partial charge in [0.1, 0.15) is 5.82 Å². The Bertz CT molecular complexity index is 538. The number of halogens is 1. The zero-order valence-corrected chi connectivity index (χ0v) is 9.64. The standard InChI is InChI=1S/C11H13FN4O/c1-3-17-11-14-10(13)16(15-11)9-5-4-8(12)6-7(9)2/h4-6H,3H2,1-2H3,(H2,13,14,15). The van der Waals surface area contributed by atoms with Crippen LogP contribution in [0, 0.1) is 12.7 Å². The van der Waals surface area contributed by atoms with Crippen molar-refractivity contribution in [1.82, 2.24) is 14.8 Å². The second-order valence-corrected chi connectivity index (χ2v) is 3.53. The van der Waals surface area contributed by atoms with Gasteiger partial charge < -0.3 is 10.5 Å². The number of hydrogen-bond donors (Lipinski definition) is 1.